The van der Waals surface area contributed by atoms with Gasteiger partial charge in [-0.15, -0.1) is 0 Å². The molecule has 21 heavy (non-hydrogen) atoms. The third kappa shape index (κ3) is 2.99. The summed E-state index contributed by atoms with van der Waals surface area (Å²) in [6.45, 7) is 2.27. The molecule has 0 aliphatic heterocycles. The van der Waals surface area contributed by atoms with Gasteiger partial charge >= 0.3 is 5.97 Å². The minimum Gasteiger partial charge on any atom is -0.478 e. The van der Waals surface area contributed by atoms with E-state index in [-0.39, 0.29) is 5.56 Å². The molecule has 2 N–H and O–H groups in total. The number of pyridine rings is 1. The van der Waals surface area contributed by atoms with Crippen LogP contribution in [0, 0.1) is 5.92 Å². The van der Waals surface area contributed by atoms with Crippen molar-refractivity contribution < 1.29 is 9.90 Å². The van der Waals surface area contributed by atoms with Crippen molar-refractivity contribution in [3.05, 3.63) is 35.9 Å². The third-order valence-corrected chi connectivity index (χ3v) is 4.31. The lowest BCUT2D eigenvalue weighted by molar-refractivity contribution is 0.0697. The standard InChI is InChI=1S/C17H20N2O2/c1-11-6-8-13(9-7-11)18-16-14(17(20)21)10-12-4-2-3-5-15(12)19-16/h2-5,10-11,13H,6-9H2,1H3,(H,18,19)(H,20,21). The predicted molar refractivity (Wildman–Crippen MR) is 83.7 cm³/mol. The van der Waals surface area contributed by atoms with E-state index in [0.717, 1.165) is 29.7 Å². The van der Waals surface area contributed by atoms with Gasteiger partial charge in [0.25, 0.3) is 0 Å². The summed E-state index contributed by atoms with van der Waals surface area (Å²) in [6, 6.07) is 9.65. The fourth-order valence-corrected chi connectivity index (χ4v) is 2.99. The van der Waals surface area contributed by atoms with Gasteiger partial charge in [0.2, 0.25) is 0 Å². The van der Waals surface area contributed by atoms with Crippen molar-refractivity contribution in [2.45, 2.75) is 38.6 Å². The second kappa shape index (κ2) is 5.72. The molecule has 1 fully saturated rings. The Bertz CT molecular complexity index is 661. The SMILES string of the molecule is CC1CCC(Nc2nc3ccccc3cc2C(=O)O)CC1. The number of aromatic carboxylic acids is 1. The zero-order valence-corrected chi connectivity index (χ0v) is 12.2. The van der Waals surface area contributed by atoms with Crippen molar-refractivity contribution in [1.82, 2.24) is 4.98 Å². The van der Waals surface area contributed by atoms with Crippen LogP contribution in [0.2, 0.25) is 0 Å². The predicted octanol–water partition coefficient (Wildman–Crippen LogP) is 3.92. The van der Waals surface area contributed by atoms with E-state index in [9.17, 15) is 9.90 Å². The number of hydrogen-bond acceptors (Lipinski definition) is 3. The molecule has 4 heteroatoms. The molecule has 4 nitrogen and oxygen atoms in total. The zero-order valence-electron chi connectivity index (χ0n) is 12.2. The summed E-state index contributed by atoms with van der Waals surface area (Å²) in [4.78, 5) is 16.0. The Hall–Kier alpha value is -2.10. The summed E-state index contributed by atoms with van der Waals surface area (Å²) in [5, 5.41) is 13.6. The minimum absolute atomic E-state index is 0.257. The molecule has 0 radical (unpaired) electrons. The number of para-hydroxylation sites is 1. The molecule has 110 valence electrons. The number of fused-ring (bicyclic) bond motifs is 1. The van der Waals surface area contributed by atoms with Crippen molar-refractivity contribution in [3.63, 3.8) is 0 Å². The first-order valence-corrected chi connectivity index (χ1v) is 7.53. The lowest BCUT2D eigenvalue weighted by Crippen LogP contribution is -2.26. The number of carboxylic acids is 1. The van der Waals surface area contributed by atoms with Crippen molar-refractivity contribution in [2.75, 3.05) is 5.32 Å². The quantitative estimate of drug-likeness (QED) is 0.896. The second-order valence-corrected chi connectivity index (χ2v) is 5.98. The van der Waals surface area contributed by atoms with Gasteiger partial charge in [-0.3, -0.25) is 0 Å². The molecule has 0 bridgehead atoms. The molecule has 0 unspecified atom stereocenters. The number of hydrogen-bond donors (Lipinski definition) is 2. The minimum atomic E-state index is -0.931. The molecule has 0 atom stereocenters. The third-order valence-electron chi connectivity index (χ3n) is 4.31. The first-order valence-electron chi connectivity index (χ1n) is 7.53. The molecule has 1 aromatic carbocycles. The maximum atomic E-state index is 11.5. The van der Waals surface area contributed by atoms with E-state index in [0.29, 0.717) is 11.9 Å². The van der Waals surface area contributed by atoms with Gasteiger partial charge in [-0.05, 0) is 43.7 Å². The summed E-state index contributed by atoms with van der Waals surface area (Å²) in [6.07, 6.45) is 4.53. The Morgan fingerprint density at radius 1 is 1.24 bits per heavy atom. The zero-order chi connectivity index (χ0) is 14.8. The number of aromatic nitrogens is 1. The van der Waals surface area contributed by atoms with E-state index >= 15 is 0 Å². The maximum Gasteiger partial charge on any atom is 0.339 e. The molecule has 3 rings (SSSR count). The van der Waals surface area contributed by atoms with Crippen molar-refractivity contribution in [2.24, 2.45) is 5.92 Å². The van der Waals surface area contributed by atoms with Gasteiger partial charge in [0.15, 0.2) is 0 Å². The molecule has 1 aliphatic rings. The van der Waals surface area contributed by atoms with E-state index in [4.69, 9.17) is 0 Å². The van der Waals surface area contributed by atoms with Crippen LogP contribution in [0.1, 0.15) is 43.0 Å². The fourth-order valence-electron chi connectivity index (χ4n) is 2.99. The Labute approximate surface area is 124 Å². The highest BCUT2D eigenvalue weighted by atomic mass is 16.4. The Morgan fingerprint density at radius 3 is 2.67 bits per heavy atom. The number of nitrogens with zero attached hydrogens (tertiary/aromatic N) is 1. The lowest BCUT2D eigenvalue weighted by atomic mass is 9.87. The first-order chi connectivity index (χ1) is 10.1. The number of rotatable bonds is 3. The average Bonchev–Trinajstić information content (AvgIpc) is 2.48. The summed E-state index contributed by atoms with van der Waals surface area (Å²) in [7, 11) is 0. The van der Waals surface area contributed by atoms with Gasteiger partial charge in [-0.25, -0.2) is 9.78 Å². The summed E-state index contributed by atoms with van der Waals surface area (Å²) < 4.78 is 0. The number of benzene rings is 1. The van der Waals surface area contributed by atoms with Gasteiger partial charge in [0.1, 0.15) is 11.4 Å². The van der Waals surface area contributed by atoms with Crippen LogP contribution in [-0.4, -0.2) is 22.1 Å². The molecule has 1 heterocycles. The van der Waals surface area contributed by atoms with Crippen LogP contribution in [0.4, 0.5) is 5.82 Å². The Kier molecular flexibility index (Phi) is 3.78. The van der Waals surface area contributed by atoms with Gasteiger partial charge < -0.3 is 10.4 Å². The van der Waals surface area contributed by atoms with Crippen LogP contribution in [0.5, 0.6) is 0 Å². The fraction of sp³-hybridized carbons (Fsp3) is 0.412. The summed E-state index contributed by atoms with van der Waals surface area (Å²) >= 11 is 0. The number of nitrogens with one attached hydrogen (secondary N) is 1. The highest BCUT2D eigenvalue weighted by molar-refractivity contribution is 5.98. The van der Waals surface area contributed by atoms with Gasteiger partial charge in [-0.2, -0.15) is 0 Å². The highest BCUT2D eigenvalue weighted by Gasteiger charge is 2.21. The molecule has 0 saturated heterocycles. The smallest absolute Gasteiger partial charge is 0.339 e. The van der Waals surface area contributed by atoms with E-state index in [2.05, 4.69) is 17.2 Å². The first kappa shape index (κ1) is 13.9. The largest absolute Gasteiger partial charge is 0.478 e. The normalized spacial score (nSPS) is 22.1. The topological polar surface area (TPSA) is 62.2 Å². The van der Waals surface area contributed by atoms with E-state index in [1.807, 2.05) is 24.3 Å². The molecule has 2 aromatic rings. The number of carbonyl (C=O) groups is 1. The number of anilines is 1. The highest BCUT2D eigenvalue weighted by Crippen LogP contribution is 2.28. The summed E-state index contributed by atoms with van der Waals surface area (Å²) in [5.74, 6) is 0.340. The van der Waals surface area contributed by atoms with Crippen LogP contribution in [0.3, 0.4) is 0 Å². The lowest BCUT2D eigenvalue weighted by Gasteiger charge is -2.27. The van der Waals surface area contributed by atoms with E-state index in [1.54, 1.807) is 6.07 Å². The monoisotopic (exact) mass is 284 g/mol. The molecular formula is C17H20N2O2. The molecule has 1 aliphatic carbocycles. The second-order valence-electron chi connectivity index (χ2n) is 5.98. The van der Waals surface area contributed by atoms with E-state index < -0.39 is 5.97 Å². The van der Waals surface area contributed by atoms with Crippen LogP contribution in [0.25, 0.3) is 10.9 Å². The van der Waals surface area contributed by atoms with E-state index in [1.165, 1.54) is 12.8 Å². The van der Waals surface area contributed by atoms with Crippen molar-refractivity contribution in [1.29, 1.82) is 0 Å². The van der Waals surface area contributed by atoms with Crippen LogP contribution in [-0.2, 0) is 0 Å². The number of carboxylic acid groups (broad SMARTS) is 1. The Morgan fingerprint density at radius 2 is 1.95 bits per heavy atom. The summed E-state index contributed by atoms with van der Waals surface area (Å²) in [5.41, 5.74) is 1.08. The van der Waals surface area contributed by atoms with Gasteiger partial charge in [-0.1, -0.05) is 25.1 Å². The molecule has 0 amide bonds. The average molecular weight is 284 g/mol. The molecule has 0 spiro atoms. The van der Waals surface area contributed by atoms with Gasteiger partial charge in [0, 0.05) is 11.4 Å². The molecule has 1 aromatic heterocycles. The van der Waals surface area contributed by atoms with Crippen molar-refractivity contribution in [3.8, 4) is 0 Å². The van der Waals surface area contributed by atoms with Crippen LogP contribution < -0.4 is 5.32 Å². The van der Waals surface area contributed by atoms with Gasteiger partial charge in [0.05, 0.1) is 5.52 Å². The van der Waals surface area contributed by atoms with Crippen LogP contribution in [0.15, 0.2) is 30.3 Å². The van der Waals surface area contributed by atoms with Crippen LogP contribution >= 0.6 is 0 Å². The molecule has 1 saturated carbocycles. The molecular weight excluding hydrogens is 264 g/mol. The maximum absolute atomic E-state index is 11.5. The Balaban J connectivity index is 1.92. The van der Waals surface area contributed by atoms with Crippen molar-refractivity contribution >= 4 is 22.7 Å².